The standard InChI is InChI=1S/C17H29N7O2/c1-13-8-14(2)10-24(9-13)15(25)11-22-4-6-23(7-5-22)17(26)20-16-18-12-19-21(16)3/h12-14H,4-11H2,1-3H3,(H,18,19,20,26). The Labute approximate surface area is 154 Å². The number of nitrogens with one attached hydrogen (secondary N) is 1. The molecule has 144 valence electrons. The number of aryl methyl sites for hydroxylation is 1. The topological polar surface area (TPSA) is 86.6 Å². The number of likely N-dealkylation sites (tertiary alicyclic amines) is 1. The number of urea groups is 1. The van der Waals surface area contributed by atoms with Crippen molar-refractivity contribution < 1.29 is 9.59 Å². The maximum absolute atomic E-state index is 12.6. The Morgan fingerprint density at radius 2 is 1.77 bits per heavy atom. The van der Waals surface area contributed by atoms with Crippen molar-refractivity contribution in [2.45, 2.75) is 20.3 Å². The summed E-state index contributed by atoms with van der Waals surface area (Å²) >= 11 is 0. The molecule has 2 unspecified atom stereocenters. The minimum Gasteiger partial charge on any atom is -0.341 e. The highest BCUT2D eigenvalue weighted by atomic mass is 16.2. The Bertz CT molecular complexity index is 629. The normalized spacial score (nSPS) is 24.6. The third kappa shape index (κ3) is 4.51. The fourth-order valence-corrected chi connectivity index (χ4v) is 3.85. The van der Waals surface area contributed by atoms with Crippen LogP contribution in [0.25, 0.3) is 0 Å². The van der Waals surface area contributed by atoms with Crippen molar-refractivity contribution in [3.05, 3.63) is 6.33 Å². The van der Waals surface area contributed by atoms with E-state index in [0.29, 0.717) is 50.5 Å². The van der Waals surface area contributed by atoms with Crippen LogP contribution in [0.1, 0.15) is 20.3 Å². The molecule has 0 bridgehead atoms. The molecule has 2 fully saturated rings. The van der Waals surface area contributed by atoms with Crippen molar-refractivity contribution in [1.82, 2.24) is 29.5 Å². The Hall–Kier alpha value is -2.16. The second kappa shape index (κ2) is 8.03. The molecule has 0 saturated carbocycles. The van der Waals surface area contributed by atoms with E-state index in [-0.39, 0.29) is 11.9 Å². The van der Waals surface area contributed by atoms with Crippen molar-refractivity contribution >= 4 is 17.9 Å². The minimum atomic E-state index is -0.175. The highest BCUT2D eigenvalue weighted by Crippen LogP contribution is 2.21. The van der Waals surface area contributed by atoms with E-state index in [1.54, 1.807) is 11.9 Å². The van der Waals surface area contributed by atoms with E-state index in [9.17, 15) is 9.59 Å². The summed E-state index contributed by atoms with van der Waals surface area (Å²) < 4.78 is 1.52. The zero-order chi connectivity index (χ0) is 18.7. The molecule has 2 aliphatic heterocycles. The number of hydrogen-bond acceptors (Lipinski definition) is 5. The van der Waals surface area contributed by atoms with Crippen molar-refractivity contribution in [3.63, 3.8) is 0 Å². The van der Waals surface area contributed by atoms with Crippen LogP contribution >= 0.6 is 0 Å². The first-order chi connectivity index (χ1) is 12.4. The van der Waals surface area contributed by atoms with E-state index in [1.807, 2.05) is 4.90 Å². The molecule has 1 N–H and O–H groups in total. The molecular formula is C17H29N7O2. The second-order valence-corrected chi connectivity index (χ2v) is 7.65. The van der Waals surface area contributed by atoms with Gasteiger partial charge in [-0.3, -0.25) is 15.0 Å². The molecule has 3 amide bonds. The van der Waals surface area contributed by atoms with Gasteiger partial charge in [0.2, 0.25) is 11.9 Å². The van der Waals surface area contributed by atoms with E-state index < -0.39 is 0 Å². The van der Waals surface area contributed by atoms with Gasteiger partial charge < -0.3 is 9.80 Å². The quantitative estimate of drug-likeness (QED) is 0.844. The van der Waals surface area contributed by atoms with E-state index in [2.05, 4.69) is 34.1 Å². The van der Waals surface area contributed by atoms with Crippen molar-refractivity contribution in [2.24, 2.45) is 18.9 Å². The van der Waals surface area contributed by atoms with Gasteiger partial charge in [0.1, 0.15) is 6.33 Å². The zero-order valence-corrected chi connectivity index (χ0v) is 15.9. The Balaban J connectivity index is 1.44. The number of nitrogens with zero attached hydrogens (tertiary/aromatic N) is 6. The van der Waals surface area contributed by atoms with Crippen LogP contribution in [0.3, 0.4) is 0 Å². The lowest BCUT2D eigenvalue weighted by Crippen LogP contribution is -2.53. The van der Waals surface area contributed by atoms with E-state index in [4.69, 9.17) is 0 Å². The van der Waals surface area contributed by atoms with Crippen LogP contribution in [0, 0.1) is 11.8 Å². The number of anilines is 1. The Kier molecular flexibility index (Phi) is 5.75. The Morgan fingerprint density at radius 3 is 2.35 bits per heavy atom. The molecule has 26 heavy (non-hydrogen) atoms. The summed E-state index contributed by atoms with van der Waals surface area (Å²) in [4.78, 5) is 34.8. The van der Waals surface area contributed by atoms with Gasteiger partial charge in [-0.1, -0.05) is 13.8 Å². The van der Waals surface area contributed by atoms with E-state index >= 15 is 0 Å². The van der Waals surface area contributed by atoms with Crippen molar-refractivity contribution in [1.29, 1.82) is 0 Å². The number of piperidine rings is 1. The number of carbonyl (C=O) groups is 2. The maximum Gasteiger partial charge on any atom is 0.324 e. The highest BCUT2D eigenvalue weighted by molar-refractivity contribution is 5.87. The maximum atomic E-state index is 12.6. The minimum absolute atomic E-state index is 0.175. The first-order valence-electron chi connectivity index (χ1n) is 9.32. The third-order valence-electron chi connectivity index (χ3n) is 5.17. The van der Waals surface area contributed by atoms with Gasteiger partial charge in [0.15, 0.2) is 0 Å². The summed E-state index contributed by atoms with van der Waals surface area (Å²) in [6.07, 6.45) is 2.60. The highest BCUT2D eigenvalue weighted by Gasteiger charge is 2.28. The zero-order valence-electron chi connectivity index (χ0n) is 15.9. The smallest absolute Gasteiger partial charge is 0.324 e. The summed E-state index contributed by atoms with van der Waals surface area (Å²) in [5.41, 5.74) is 0. The summed E-state index contributed by atoms with van der Waals surface area (Å²) in [5.74, 6) is 1.79. The molecule has 9 nitrogen and oxygen atoms in total. The van der Waals surface area contributed by atoms with Crippen LogP contribution in [-0.4, -0.2) is 87.2 Å². The lowest BCUT2D eigenvalue weighted by Gasteiger charge is -2.38. The van der Waals surface area contributed by atoms with E-state index in [1.165, 1.54) is 17.4 Å². The third-order valence-corrected chi connectivity index (χ3v) is 5.17. The summed E-state index contributed by atoms with van der Waals surface area (Å²) in [6.45, 7) is 9.21. The molecule has 2 atom stereocenters. The molecule has 2 aliphatic rings. The van der Waals surface area contributed by atoms with Crippen LogP contribution in [0.4, 0.5) is 10.7 Å². The van der Waals surface area contributed by atoms with Crippen LogP contribution < -0.4 is 5.32 Å². The predicted molar refractivity (Wildman–Crippen MR) is 97.6 cm³/mol. The van der Waals surface area contributed by atoms with Crippen LogP contribution in [0.5, 0.6) is 0 Å². The van der Waals surface area contributed by atoms with Gasteiger partial charge in [0.05, 0.1) is 6.54 Å². The van der Waals surface area contributed by atoms with Gasteiger partial charge in [0.25, 0.3) is 0 Å². The number of aromatic nitrogens is 3. The summed E-state index contributed by atoms with van der Waals surface area (Å²) in [6, 6.07) is -0.175. The molecule has 9 heteroatoms. The molecule has 0 aliphatic carbocycles. The van der Waals surface area contributed by atoms with Gasteiger partial charge in [-0.15, -0.1) is 0 Å². The molecule has 2 saturated heterocycles. The fourth-order valence-electron chi connectivity index (χ4n) is 3.85. The van der Waals surface area contributed by atoms with Crippen LogP contribution in [-0.2, 0) is 11.8 Å². The number of carbonyl (C=O) groups excluding carboxylic acids is 2. The Morgan fingerprint density at radius 1 is 1.12 bits per heavy atom. The fraction of sp³-hybridized carbons (Fsp3) is 0.765. The molecule has 3 rings (SSSR count). The molecule has 0 aromatic carbocycles. The molecular weight excluding hydrogens is 334 g/mol. The predicted octanol–water partition coefficient (Wildman–Crippen LogP) is 0.469. The van der Waals surface area contributed by atoms with Gasteiger partial charge in [-0.2, -0.15) is 10.1 Å². The SMILES string of the molecule is CC1CC(C)CN(C(=O)CN2CCN(C(=O)Nc3ncnn3C)CC2)C1. The van der Waals surface area contributed by atoms with Gasteiger partial charge in [-0.05, 0) is 18.3 Å². The monoisotopic (exact) mass is 363 g/mol. The average molecular weight is 363 g/mol. The lowest BCUT2D eigenvalue weighted by molar-refractivity contribution is -0.135. The van der Waals surface area contributed by atoms with Gasteiger partial charge in [0, 0.05) is 46.3 Å². The number of rotatable bonds is 3. The lowest BCUT2D eigenvalue weighted by atomic mass is 9.92. The number of piperazine rings is 1. The van der Waals surface area contributed by atoms with Crippen molar-refractivity contribution in [2.75, 3.05) is 51.1 Å². The number of hydrogen-bond donors (Lipinski definition) is 1. The van der Waals surface area contributed by atoms with Gasteiger partial charge >= 0.3 is 6.03 Å². The second-order valence-electron chi connectivity index (χ2n) is 7.65. The average Bonchev–Trinajstić information content (AvgIpc) is 2.99. The molecule has 3 heterocycles. The summed E-state index contributed by atoms with van der Waals surface area (Å²) in [5, 5.41) is 6.70. The van der Waals surface area contributed by atoms with Crippen LogP contribution in [0.2, 0.25) is 0 Å². The molecule has 0 radical (unpaired) electrons. The molecule has 1 aromatic rings. The van der Waals surface area contributed by atoms with Crippen LogP contribution in [0.15, 0.2) is 6.33 Å². The van der Waals surface area contributed by atoms with Crippen molar-refractivity contribution in [3.8, 4) is 0 Å². The van der Waals surface area contributed by atoms with Gasteiger partial charge in [-0.25, -0.2) is 9.48 Å². The largest absolute Gasteiger partial charge is 0.341 e. The first-order valence-corrected chi connectivity index (χ1v) is 9.32. The molecule has 1 aromatic heterocycles. The molecule has 0 spiro atoms. The number of amides is 3. The van der Waals surface area contributed by atoms with E-state index in [0.717, 1.165) is 13.1 Å². The first kappa shape index (κ1) is 18.6. The summed E-state index contributed by atoms with van der Waals surface area (Å²) in [7, 11) is 1.73.